The van der Waals surface area contributed by atoms with E-state index in [0.29, 0.717) is 18.7 Å². The van der Waals surface area contributed by atoms with Gasteiger partial charge in [0, 0.05) is 42.4 Å². The normalized spacial score (nSPS) is 10.8. The van der Waals surface area contributed by atoms with Gasteiger partial charge in [-0.05, 0) is 37.1 Å². The summed E-state index contributed by atoms with van der Waals surface area (Å²) in [6.45, 7) is 4.22. The summed E-state index contributed by atoms with van der Waals surface area (Å²) in [7, 11) is 0. The van der Waals surface area contributed by atoms with Crippen molar-refractivity contribution >= 4 is 16.8 Å². The summed E-state index contributed by atoms with van der Waals surface area (Å²) in [5.41, 5.74) is 1.74. The number of aromatic nitrogens is 1. The molecule has 0 bridgehead atoms. The van der Waals surface area contributed by atoms with E-state index in [4.69, 9.17) is 4.74 Å². The van der Waals surface area contributed by atoms with Gasteiger partial charge in [0.25, 0.3) is 5.91 Å². The summed E-state index contributed by atoms with van der Waals surface area (Å²) in [6, 6.07) is 7.62. The number of carbonyl (C=O) groups is 1. The van der Waals surface area contributed by atoms with Gasteiger partial charge < -0.3 is 15.0 Å². The van der Waals surface area contributed by atoms with E-state index in [2.05, 4.69) is 17.2 Å². The SMILES string of the molecule is CCCOCCCNC(=O)c1ccc2[nH]ccc2c1. The topological polar surface area (TPSA) is 54.1 Å². The number of ether oxygens (including phenoxy) is 1. The molecule has 4 heteroatoms. The summed E-state index contributed by atoms with van der Waals surface area (Å²) in [6.07, 6.45) is 3.75. The van der Waals surface area contributed by atoms with Crippen LogP contribution in [-0.4, -0.2) is 30.6 Å². The maximum absolute atomic E-state index is 11.9. The Balaban J connectivity index is 1.79. The van der Waals surface area contributed by atoms with Crippen molar-refractivity contribution in [2.45, 2.75) is 19.8 Å². The van der Waals surface area contributed by atoms with Crippen LogP contribution in [0.2, 0.25) is 0 Å². The van der Waals surface area contributed by atoms with Gasteiger partial charge in [-0.2, -0.15) is 0 Å². The number of fused-ring (bicyclic) bond motifs is 1. The number of carbonyl (C=O) groups excluding carboxylic acids is 1. The van der Waals surface area contributed by atoms with E-state index in [1.54, 1.807) is 0 Å². The number of aromatic amines is 1. The van der Waals surface area contributed by atoms with Crippen LogP contribution in [-0.2, 0) is 4.74 Å². The van der Waals surface area contributed by atoms with Gasteiger partial charge in [0.1, 0.15) is 0 Å². The Bertz CT molecular complexity index is 534. The quantitative estimate of drug-likeness (QED) is 0.752. The van der Waals surface area contributed by atoms with Gasteiger partial charge >= 0.3 is 0 Å². The average molecular weight is 260 g/mol. The molecule has 2 N–H and O–H groups in total. The summed E-state index contributed by atoms with van der Waals surface area (Å²) < 4.78 is 5.36. The number of benzene rings is 1. The summed E-state index contributed by atoms with van der Waals surface area (Å²) in [5, 5.41) is 3.96. The highest BCUT2D eigenvalue weighted by Gasteiger charge is 2.05. The third kappa shape index (κ3) is 3.83. The Morgan fingerprint density at radius 3 is 3.05 bits per heavy atom. The molecular weight excluding hydrogens is 240 g/mol. The molecule has 1 aromatic carbocycles. The molecule has 0 fully saturated rings. The van der Waals surface area contributed by atoms with Crippen molar-refractivity contribution in [2.75, 3.05) is 19.8 Å². The molecule has 2 rings (SSSR count). The molecule has 2 aromatic rings. The third-order valence-corrected chi connectivity index (χ3v) is 2.91. The van der Waals surface area contributed by atoms with E-state index in [0.717, 1.165) is 30.4 Å². The van der Waals surface area contributed by atoms with Crippen molar-refractivity contribution in [2.24, 2.45) is 0 Å². The summed E-state index contributed by atoms with van der Waals surface area (Å²) in [5.74, 6) is -0.0291. The standard InChI is InChI=1S/C15H20N2O2/c1-2-9-19-10-3-7-17-15(18)13-4-5-14-12(11-13)6-8-16-14/h4-6,8,11,16H,2-3,7,9-10H2,1H3,(H,17,18). The molecule has 0 radical (unpaired) electrons. The Morgan fingerprint density at radius 2 is 2.21 bits per heavy atom. The second kappa shape index (κ2) is 6.95. The van der Waals surface area contributed by atoms with Crippen LogP contribution in [0.4, 0.5) is 0 Å². The second-order valence-corrected chi connectivity index (χ2v) is 4.50. The zero-order chi connectivity index (χ0) is 13.5. The fourth-order valence-electron chi connectivity index (χ4n) is 1.92. The van der Waals surface area contributed by atoms with E-state index >= 15 is 0 Å². The lowest BCUT2D eigenvalue weighted by Crippen LogP contribution is -2.25. The fourth-order valence-corrected chi connectivity index (χ4v) is 1.92. The molecule has 0 spiro atoms. The molecule has 102 valence electrons. The van der Waals surface area contributed by atoms with Gasteiger partial charge in [0.05, 0.1) is 0 Å². The van der Waals surface area contributed by atoms with Crippen LogP contribution in [0.5, 0.6) is 0 Å². The average Bonchev–Trinajstić information content (AvgIpc) is 2.89. The van der Waals surface area contributed by atoms with Crippen molar-refractivity contribution in [3.63, 3.8) is 0 Å². The highest BCUT2D eigenvalue weighted by Crippen LogP contribution is 2.14. The van der Waals surface area contributed by atoms with Gasteiger partial charge in [0.15, 0.2) is 0 Å². The maximum atomic E-state index is 11.9. The van der Waals surface area contributed by atoms with E-state index < -0.39 is 0 Å². The molecule has 0 saturated carbocycles. The van der Waals surface area contributed by atoms with Crippen molar-refractivity contribution in [1.82, 2.24) is 10.3 Å². The lowest BCUT2D eigenvalue weighted by atomic mass is 10.1. The van der Waals surface area contributed by atoms with Gasteiger partial charge in [-0.3, -0.25) is 4.79 Å². The predicted octanol–water partition coefficient (Wildman–Crippen LogP) is 2.71. The minimum atomic E-state index is -0.0291. The number of amides is 1. The highest BCUT2D eigenvalue weighted by atomic mass is 16.5. The molecule has 0 saturated heterocycles. The lowest BCUT2D eigenvalue weighted by molar-refractivity contribution is 0.0941. The van der Waals surface area contributed by atoms with Crippen molar-refractivity contribution in [1.29, 1.82) is 0 Å². The first kappa shape index (κ1) is 13.6. The smallest absolute Gasteiger partial charge is 0.251 e. The Kier molecular flexibility index (Phi) is 4.98. The predicted molar refractivity (Wildman–Crippen MR) is 76.4 cm³/mol. The lowest BCUT2D eigenvalue weighted by Gasteiger charge is -2.06. The van der Waals surface area contributed by atoms with E-state index in [1.165, 1.54) is 0 Å². The van der Waals surface area contributed by atoms with E-state index in [1.807, 2.05) is 30.5 Å². The number of rotatable bonds is 7. The van der Waals surface area contributed by atoms with Gasteiger partial charge in [0.2, 0.25) is 0 Å². The van der Waals surface area contributed by atoms with Gasteiger partial charge in [-0.1, -0.05) is 6.92 Å². The largest absolute Gasteiger partial charge is 0.381 e. The zero-order valence-electron chi connectivity index (χ0n) is 11.2. The van der Waals surface area contributed by atoms with Crippen LogP contribution in [0.1, 0.15) is 30.1 Å². The molecule has 1 heterocycles. The van der Waals surface area contributed by atoms with E-state index in [-0.39, 0.29) is 5.91 Å². The van der Waals surface area contributed by atoms with Crippen LogP contribution in [0.15, 0.2) is 30.5 Å². The first-order valence-electron chi connectivity index (χ1n) is 6.74. The Labute approximate surface area is 113 Å². The zero-order valence-corrected chi connectivity index (χ0v) is 11.2. The highest BCUT2D eigenvalue weighted by molar-refractivity contribution is 5.98. The molecule has 1 amide bonds. The minimum Gasteiger partial charge on any atom is -0.381 e. The molecule has 0 unspecified atom stereocenters. The second-order valence-electron chi connectivity index (χ2n) is 4.50. The minimum absolute atomic E-state index is 0.0291. The van der Waals surface area contributed by atoms with Crippen LogP contribution in [0, 0.1) is 0 Å². The molecular formula is C15H20N2O2. The fraction of sp³-hybridized carbons (Fsp3) is 0.400. The Morgan fingerprint density at radius 1 is 1.32 bits per heavy atom. The van der Waals surface area contributed by atoms with E-state index in [9.17, 15) is 4.79 Å². The number of hydrogen-bond acceptors (Lipinski definition) is 2. The van der Waals surface area contributed by atoms with Crippen molar-refractivity contribution in [3.8, 4) is 0 Å². The summed E-state index contributed by atoms with van der Waals surface area (Å²) in [4.78, 5) is 15.0. The van der Waals surface area contributed by atoms with Crippen LogP contribution >= 0.6 is 0 Å². The number of hydrogen-bond donors (Lipinski definition) is 2. The van der Waals surface area contributed by atoms with Crippen LogP contribution in [0.3, 0.4) is 0 Å². The number of H-pyrrole nitrogens is 1. The van der Waals surface area contributed by atoms with Gasteiger partial charge in [-0.15, -0.1) is 0 Å². The molecule has 0 aliphatic carbocycles. The maximum Gasteiger partial charge on any atom is 0.251 e. The molecule has 4 nitrogen and oxygen atoms in total. The van der Waals surface area contributed by atoms with Crippen LogP contribution < -0.4 is 5.32 Å². The first-order chi connectivity index (χ1) is 9.31. The Hall–Kier alpha value is -1.81. The van der Waals surface area contributed by atoms with Crippen LogP contribution in [0.25, 0.3) is 10.9 Å². The molecule has 19 heavy (non-hydrogen) atoms. The van der Waals surface area contributed by atoms with Crippen molar-refractivity contribution < 1.29 is 9.53 Å². The first-order valence-corrected chi connectivity index (χ1v) is 6.74. The molecule has 0 aliphatic heterocycles. The summed E-state index contributed by atoms with van der Waals surface area (Å²) >= 11 is 0. The molecule has 0 aliphatic rings. The monoisotopic (exact) mass is 260 g/mol. The van der Waals surface area contributed by atoms with Gasteiger partial charge in [-0.25, -0.2) is 0 Å². The number of nitrogens with one attached hydrogen (secondary N) is 2. The molecule has 0 atom stereocenters. The van der Waals surface area contributed by atoms with Crippen molar-refractivity contribution in [3.05, 3.63) is 36.0 Å². The molecule has 1 aromatic heterocycles. The third-order valence-electron chi connectivity index (χ3n) is 2.91.